The third-order valence-electron chi connectivity index (χ3n) is 6.69. The van der Waals surface area contributed by atoms with Gasteiger partial charge in [-0.05, 0) is 44.6 Å². The van der Waals surface area contributed by atoms with Gasteiger partial charge in [0.05, 0.1) is 12.0 Å². The van der Waals surface area contributed by atoms with Crippen LogP contribution in [0.4, 0.5) is 0 Å². The van der Waals surface area contributed by atoms with Crippen molar-refractivity contribution in [2.75, 3.05) is 0 Å². The molecule has 0 spiro atoms. The van der Waals surface area contributed by atoms with Crippen LogP contribution in [0, 0.1) is 23.2 Å². The lowest BCUT2D eigenvalue weighted by Crippen LogP contribution is -2.47. The van der Waals surface area contributed by atoms with Crippen LogP contribution in [0.2, 0.25) is 0 Å². The summed E-state index contributed by atoms with van der Waals surface area (Å²) in [4.78, 5) is 35.5. The molecule has 0 aliphatic heterocycles. The van der Waals surface area contributed by atoms with Crippen LogP contribution in [0.3, 0.4) is 0 Å². The molecule has 6 unspecified atom stereocenters. The number of aliphatic hydroxyl groups excluding tert-OH is 1. The van der Waals surface area contributed by atoms with E-state index in [2.05, 4.69) is 13.5 Å². The molecule has 6 heteroatoms. The van der Waals surface area contributed by atoms with E-state index in [1.807, 2.05) is 13.8 Å². The topological polar surface area (TPSA) is 101 Å². The molecule has 6 atom stereocenters. The van der Waals surface area contributed by atoms with Gasteiger partial charge in [-0.1, -0.05) is 49.8 Å². The SMILES string of the molecule is C=C(C)C1CC2(C)C(=CC1=O)CCC(OC(=O)C(C)C(O)C=CC=CC(=O)O)C2C. The first-order valence-corrected chi connectivity index (χ1v) is 10.3. The van der Waals surface area contributed by atoms with Crippen molar-refractivity contribution in [1.82, 2.24) is 0 Å². The van der Waals surface area contributed by atoms with Crippen LogP contribution < -0.4 is 0 Å². The quantitative estimate of drug-likeness (QED) is 0.284. The second-order valence-corrected chi connectivity index (χ2v) is 8.76. The number of allylic oxidation sites excluding steroid dienone is 5. The number of hydrogen-bond donors (Lipinski definition) is 2. The van der Waals surface area contributed by atoms with Gasteiger partial charge in [0.15, 0.2) is 5.78 Å². The first-order valence-electron chi connectivity index (χ1n) is 10.3. The zero-order chi connectivity index (χ0) is 22.6. The van der Waals surface area contributed by atoms with Crippen LogP contribution in [0.15, 0.2) is 48.1 Å². The molecule has 6 nitrogen and oxygen atoms in total. The Labute approximate surface area is 178 Å². The number of esters is 1. The number of carboxylic acid groups (broad SMARTS) is 1. The summed E-state index contributed by atoms with van der Waals surface area (Å²) in [6, 6.07) is 0. The first kappa shape index (κ1) is 23.8. The molecule has 0 heterocycles. The van der Waals surface area contributed by atoms with Gasteiger partial charge in [-0.15, -0.1) is 0 Å². The van der Waals surface area contributed by atoms with Gasteiger partial charge in [-0.3, -0.25) is 9.59 Å². The molecule has 1 fully saturated rings. The monoisotopic (exact) mass is 416 g/mol. The Bertz CT molecular complexity index is 805. The largest absolute Gasteiger partial charge is 0.478 e. The number of ketones is 1. The van der Waals surface area contributed by atoms with E-state index in [1.165, 1.54) is 18.2 Å². The zero-order valence-electron chi connectivity index (χ0n) is 18.1. The summed E-state index contributed by atoms with van der Waals surface area (Å²) in [5.74, 6) is -2.44. The molecule has 0 saturated heterocycles. The Hall–Kier alpha value is -2.47. The highest BCUT2D eigenvalue weighted by Gasteiger charge is 2.49. The van der Waals surface area contributed by atoms with E-state index in [1.54, 1.807) is 13.0 Å². The van der Waals surface area contributed by atoms with E-state index in [0.717, 1.165) is 17.2 Å². The highest BCUT2D eigenvalue weighted by Crippen LogP contribution is 2.53. The van der Waals surface area contributed by atoms with Crippen molar-refractivity contribution >= 4 is 17.7 Å². The predicted octanol–water partition coefficient (Wildman–Crippen LogP) is 3.62. The van der Waals surface area contributed by atoms with E-state index in [9.17, 15) is 19.5 Å². The Morgan fingerprint density at radius 3 is 2.63 bits per heavy atom. The van der Waals surface area contributed by atoms with Crippen molar-refractivity contribution in [1.29, 1.82) is 0 Å². The lowest BCUT2D eigenvalue weighted by Gasteiger charge is -2.49. The van der Waals surface area contributed by atoms with Crippen molar-refractivity contribution in [2.45, 2.75) is 59.2 Å². The third kappa shape index (κ3) is 5.17. The fourth-order valence-electron chi connectivity index (χ4n) is 4.34. The van der Waals surface area contributed by atoms with Crippen molar-refractivity contribution in [3.8, 4) is 0 Å². The van der Waals surface area contributed by atoms with E-state index >= 15 is 0 Å². The second kappa shape index (κ2) is 9.56. The Balaban J connectivity index is 2.06. The molecule has 164 valence electrons. The molecule has 0 aromatic carbocycles. The summed E-state index contributed by atoms with van der Waals surface area (Å²) in [6.07, 6.45) is 7.36. The average molecular weight is 417 g/mol. The predicted molar refractivity (Wildman–Crippen MR) is 113 cm³/mol. The van der Waals surface area contributed by atoms with Crippen molar-refractivity contribution < 1.29 is 29.3 Å². The first-order chi connectivity index (χ1) is 14.0. The third-order valence-corrected chi connectivity index (χ3v) is 6.69. The number of carbonyl (C=O) groups excluding carboxylic acids is 2. The Morgan fingerprint density at radius 2 is 2.03 bits per heavy atom. The van der Waals surface area contributed by atoms with E-state index in [0.29, 0.717) is 19.3 Å². The molecule has 0 amide bonds. The highest BCUT2D eigenvalue weighted by molar-refractivity contribution is 5.95. The van der Waals surface area contributed by atoms with Crippen LogP contribution in [0.25, 0.3) is 0 Å². The number of hydrogen-bond acceptors (Lipinski definition) is 5. The van der Waals surface area contributed by atoms with Gasteiger partial charge in [0, 0.05) is 17.9 Å². The molecule has 0 radical (unpaired) electrons. The van der Waals surface area contributed by atoms with E-state index in [-0.39, 0.29) is 29.1 Å². The minimum absolute atomic E-state index is 0.0229. The smallest absolute Gasteiger partial charge is 0.328 e. The average Bonchev–Trinajstić information content (AvgIpc) is 2.67. The zero-order valence-corrected chi connectivity index (χ0v) is 18.1. The van der Waals surface area contributed by atoms with Crippen LogP contribution in [0.5, 0.6) is 0 Å². The summed E-state index contributed by atoms with van der Waals surface area (Å²) in [5.41, 5.74) is 1.72. The van der Waals surface area contributed by atoms with E-state index < -0.39 is 24.0 Å². The molecule has 2 aliphatic carbocycles. The van der Waals surface area contributed by atoms with Gasteiger partial charge >= 0.3 is 11.9 Å². The lowest BCUT2D eigenvalue weighted by atomic mass is 9.57. The lowest BCUT2D eigenvalue weighted by molar-refractivity contribution is -0.163. The normalized spacial score (nSPS) is 31.2. The van der Waals surface area contributed by atoms with Gasteiger partial charge < -0.3 is 14.9 Å². The van der Waals surface area contributed by atoms with Gasteiger partial charge in [0.1, 0.15) is 6.10 Å². The molecule has 1 saturated carbocycles. The summed E-state index contributed by atoms with van der Waals surface area (Å²) < 4.78 is 5.79. The molecule has 2 N–H and O–H groups in total. The van der Waals surface area contributed by atoms with Gasteiger partial charge in [0.25, 0.3) is 0 Å². The standard InChI is InChI=1S/C24H32O6/c1-14(2)18-13-24(5)16(4)21(11-10-17(24)12-20(18)26)30-23(29)15(3)19(25)8-6-7-9-22(27)28/h6-9,12,15-16,18-19,21,25H,1,10-11,13H2,2-5H3,(H,27,28). The fourth-order valence-corrected chi connectivity index (χ4v) is 4.34. The van der Waals surface area contributed by atoms with Crippen molar-refractivity contribution in [3.05, 3.63) is 48.1 Å². The number of carbonyl (C=O) groups is 3. The molecule has 2 rings (SSSR count). The minimum atomic E-state index is -1.09. The van der Waals surface area contributed by atoms with Crippen molar-refractivity contribution in [2.24, 2.45) is 23.2 Å². The Morgan fingerprint density at radius 1 is 1.37 bits per heavy atom. The maximum Gasteiger partial charge on any atom is 0.328 e. The molecule has 0 aromatic heterocycles. The summed E-state index contributed by atoms with van der Waals surface area (Å²) in [5, 5.41) is 18.7. The highest BCUT2D eigenvalue weighted by atomic mass is 16.5. The number of aliphatic carboxylic acids is 1. The number of fused-ring (bicyclic) bond motifs is 1. The molecule has 0 aromatic rings. The van der Waals surface area contributed by atoms with Gasteiger partial charge in [0.2, 0.25) is 0 Å². The van der Waals surface area contributed by atoms with Crippen LogP contribution >= 0.6 is 0 Å². The summed E-state index contributed by atoms with van der Waals surface area (Å²) in [7, 11) is 0. The van der Waals surface area contributed by atoms with Crippen LogP contribution in [-0.4, -0.2) is 40.1 Å². The number of ether oxygens (including phenoxy) is 1. The maximum absolute atomic E-state index is 12.6. The van der Waals surface area contributed by atoms with Gasteiger partial charge in [-0.2, -0.15) is 0 Å². The second-order valence-electron chi connectivity index (χ2n) is 8.76. The van der Waals surface area contributed by atoms with Gasteiger partial charge in [-0.25, -0.2) is 4.79 Å². The maximum atomic E-state index is 12.6. The number of carboxylic acids is 1. The fraction of sp³-hybridized carbons (Fsp3) is 0.542. The van der Waals surface area contributed by atoms with Crippen molar-refractivity contribution in [3.63, 3.8) is 0 Å². The molecular formula is C24H32O6. The molecule has 0 bridgehead atoms. The number of aliphatic hydroxyl groups is 1. The number of rotatable bonds is 7. The molecule has 2 aliphatic rings. The minimum Gasteiger partial charge on any atom is -0.478 e. The molecule has 30 heavy (non-hydrogen) atoms. The van der Waals surface area contributed by atoms with E-state index in [4.69, 9.17) is 9.84 Å². The summed E-state index contributed by atoms with van der Waals surface area (Å²) in [6.45, 7) is 11.6. The van der Waals surface area contributed by atoms with Crippen LogP contribution in [-0.2, 0) is 19.1 Å². The Kier molecular flexibility index (Phi) is 7.59. The molecular weight excluding hydrogens is 384 g/mol. The summed E-state index contributed by atoms with van der Waals surface area (Å²) >= 11 is 0. The van der Waals surface area contributed by atoms with Crippen LogP contribution in [0.1, 0.15) is 47.0 Å².